The van der Waals surface area contributed by atoms with Crippen LogP contribution in [0.4, 0.5) is 14.7 Å². The van der Waals surface area contributed by atoms with Crippen LogP contribution >= 0.6 is 0 Å². The highest BCUT2D eigenvalue weighted by atomic mass is 32.2. The van der Waals surface area contributed by atoms with Gasteiger partial charge >= 0.3 is 0 Å². The molecule has 0 spiro atoms. The summed E-state index contributed by atoms with van der Waals surface area (Å²) in [4.78, 5) is 6.92. The van der Waals surface area contributed by atoms with Crippen molar-refractivity contribution in [2.24, 2.45) is 0 Å². The van der Waals surface area contributed by atoms with Crippen molar-refractivity contribution in [3.05, 3.63) is 90.0 Å². The van der Waals surface area contributed by atoms with Gasteiger partial charge in [0, 0.05) is 13.1 Å². The van der Waals surface area contributed by atoms with Crippen molar-refractivity contribution < 1.29 is 17.2 Å². The number of sulfone groups is 1. The van der Waals surface area contributed by atoms with Crippen molar-refractivity contribution >= 4 is 26.8 Å². The summed E-state index contributed by atoms with van der Waals surface area (Å²) in [6, 6.07) is 19.5. The highest BCUT2D eigenvalue weighted by molar-refractivity contribution is 7.92. The van der Waals surface area contributed by atoms with Gasteiger partial charge in [0.2, 0.25) is 5.95 Å². The van der Waals surface area contributed by atoms with Crippen molar-refractivity contribution in [1.29, 1.82) is 0 Å². The fraction of sp³-hybridized carbons (Fsp3) is 0.240. The SMILES string of the molecule is O=S(=O)(c1cccc(F)c1)C1CCN(c2nc3ccccc3n2Cc2cccc(F)c2)CC1. The Morgan fingerprint density at radius 2 is 1.58 bits per heavy atom. The maximum atomic E-state index is 13.8. The number of anilines is 1. The monoisotopic (exact) mass is 467 g/mol. The zero-order chi connectivity index (χ0) is 23.0. The smallest absolute Gasteiger partial charge is 0.206 e. The van der Waals surface area contributed by atoms with Crippen LogP contribution in [0.25, 0.3) is 11.0 Å². The lowest BCUT2D eigenvalue weighted by atomic mass is 10.1. The van der Waals surface area contributed by atoms with E-state index < -0.39 is 20.9 Å². The predicted octanol–water partition coefficient (Wildman–Crippen LogP) is 4.81. The molecule has 1 saturated heterocycles. The van der Waals surface area contributed by atoms with Gasteiger partial charge in [0.05, 0.1) is 27.7 Å². The molecule has 0 radical (unpaired) electrons. The summed E-state index contributed by atoms with van der Waals surface area (Å²) >= 11 is 0. The van der Waals surface area contributed by atoms with E-state index >= 15 is 0 Å². The van der Waals surface area contributed by atoms with E-state index in [1.165, 1.54) is 30.3 Å². The standard InChI is InChI=1S/C25H23F2N3O2S/c26-19-6-3-5-18(15-19)17-30-24-10-2-1-9-23(24)28-25(30)29-13-11-21(12-14-29)33(31,32)22-8-4-7-20(27)16-22/h1-10,15-16,21H,11-14,17H2. The van der Waals surface area contributed by atoms with E-state index in [0.29, 0.717) is 32.5 Å². The lowest BCUT2D eigenvalue weighted by molar-refractivity contribution is 0.521. The minimum atomic E-state index is -3.61. The second-order valence-corrected chi connectivity index (χ2v) is 10.5. The summed E-state index contributed by atoms with van der Waals surface area (Å²) < 4.78 is 55.5. The first kappa shape index (κ1) is 21.6. The van der Waals surface area contributed by atoms with Gasteiger partial charge in [-0.05, 0) is 60.9 Å². The molecule has 0 atom stereocenters. The molecule has 0 amide bonds. The number of para-hydroxylation sites is 2. The summed E-state index contributed by atoms with van der Waals surface area (Å²) in [5, 5.41) is -0.573. The number of hydrogen-bond donors (Lipinski definition) is 0. The highest BCUT2D eigenvalue weighted by Crippen LogP contribution is 2.30. The van der Waals surface area contributed by atoms with Crippen LogP contribution in [0, 0.1) is 11.6 Å². The largest absolute Gasteiger partial charge is 0.342 e. The Labute approximate surface area is 191 Å². The minimum absolute atomic E-state index is 0.0271. The molecule has 5 rings (SSSR count). The molecule has 1 aliphatic heterocycles. The lowest BCUT2D eigenvalue weighted by Gasteiger charge is -2.32. The molecule has 1 aromatic heterocycles. The number of fused-ring (bicyclic) bond motifs is 1. The highest BCUT2D eigenvalue weighted by Gasteiger charge is 2.33. The quantitative estimate of drug-likeness (QED) is 0.423. The Balaban J connectivity index is 1.42. The van der Waals surface area contributed by atoms with Crippen LogP contribution in [0.3, 0.4) is 0 Å². The number of nitrogens with zero attached hydrogens (tertiary/aromatic N) is 3. The van der Waals surface area contributed by atoms with Gasteiger partial charge in [-0.15, -0.1) is 0 Å². The normalized spacial score (nSPS) is 15.3. The number of hydrogen-bond acceptors (Lipinski definition) is 4. The maximum Gasteiger partial charge on any atom is 0.206 e. The van der Waals surface area contributed by atoms with Crippen molar-refractivity contribution in [2.45, 2.75) is 29.5 Å². The maximum absolute atomic E-state index is 13.8. The Morgan fingerprint density at radius 1 is 0.879 bits per heavy atom. The minimum Gasteiger partial charge on any atom is -0.342 e. The average molecular weight is 468 g/mol. The molecule has 0 bridgehead atoms. The molecule has 4 aromatic rings. The van der Waals surface area contributed by atoms with Gasteiger partial charge in [-0.25, -0.2) is 22.2 Å². The topological polar surface area (TPSA) is 55.2 Å². The van der Waals surface area contributed by atoms with E-state index in [-0.39, 0.29) is 10.7 Å². The average Bonchev–Trinajstić information content (AvgIpc) is 3.17. The third kappa shape index (κ3) is 4.23. The fourth-order valence-electron chi connectivity index (χ4n) is 4.48. The van der Waals surface area contributed by atoms with Gasteiger partial charge in [0.15, 0.2) is 9.84 Å². The van der Waals surface area contributed by atoms with Gasteiger partial charge in [-0.1, -0.05) is 30.3 Å². The molecule has 0 unspecified atom stereocenters. The number of benzene rings is 3. The number of imidazole rings is 1. The second kappa shape index (κ2) is 8.59. The van der Waals surface area contributed by atoms with Crippen LogP contribution < -0.4 is 4.90 Å². The molecule has 170 valence electrons. The van der Waals surface area contributed by atoms with Gasteiger partial charge < -0.3 is 9.47 Å². The third-order valence-corrected chi connectivity index (χ3v) is 8.41. The molecular formula is C25H23F2N3O2S. The number of halogens is 2. The Kier molecular flexibility index (Phi) is 5.62. The molecule has 0 N–H and O–H groups in total. The molecule has 33 heavy (non-hydrogen) atoms. The first-order chi connectivity index (χ1) is 15.9. The summed E-state index contributed by atoms with van der Waals surface area (Å²) in [7, 11) is -3.61. The molecular weight excluding hydrogens is 444 g/mol. The molecule has 5 nitrogen and oxygen atoms in total. The van der Waals surface area contributed by atoms with Crippen molar-refractivity contribution in [2.75, 3.05) is 18.0 Å². The molecule has 3 aromatic carbocycles. The first-order valence-corrected chi connectivity index (χ1v) is 12.4. The number of aromatic nitrogens is 2. The summed E-state index contributed by atoms with van der Waals surface area (Å²) in [6.45, 7) is 1.46. The third-order valence-electron chi connectivity index (χ3n) is 6.15. The molecule has 1 aliphatic rings. The van der Waals surface area contributed by atoms with Crippen LogP contribution in [0.5, 0.6) is 0 Å². The second-order valence-electron chi connectivity index (χ2n) is 8.31. The van der Waals surface area contributed by atoms with Crippen LogP contribution in [-0.2, 0) is 16.4 Å². The van der Waals surface area contributed by atoms with Gasteiger partial charge in [-0.3, -0.25) is 0 Å². The summed E-state index contributed by atoms with van der Waals surface area (Å²) in [5.74, 6) is -0.108. The van der Waals surface area contributed by atoms with Crippen molar-refractivity contribution in [1.82, 2.24) is 9.55 Å². The zero-order valence-corrected chi connectivity index (χ0v) is 18.7. The van der Waals surface area contributed by atoms with E-state index in [0.717, 1.165) is 28.6 Å². The molecule has 0 aliphatic carbocycles. The first-order valence-electron chi connectivity index (χ1n) is 10.9. The summed E-state index contributed by atoms with van der Waals surface area (Å²) in [6.07, 6.45) is 0.837. The molecule has 1 fully saturated rings. The van der Waals surface area contributed by atoms with Crippen LogP contribution in [0.1, 0.15) is 18.4 Å². The van der Waals surface area contributed by atoms with Crippen molar-refractivity contribution in [3.8, 4) is 0 Å². The van der Waals surface area contributed by atoms with E-state index in [2.05, 4.69) is 4.90 Å². The number of rotatable bonds is 5. The van der Waals surface area contributed by atoms with E-state index in [1.54, 1.807) is 6.07 Å². The van der Waals surface area contributed by atoms with E-state index in [9.17, 15) is 17.2 Å². The Bertz CT molecular complexity index is 1410. The van der Waals surface area contributed by atoms with E-state index in [4.69, 9.17) is 4.98 Å². The zero-order valence-electron chi connectivity index (χ0n) is 17.9. The molecule has 0 saturated carbocycles. The fourth-order valence-corrected chi connectivity index (χ4v) is 6.24. The van der Waals surface area contributed by atoms with Gasteiger partial charge in [0.1, 0.15) is 11.6 Å². The van der Waals surface area contributed by atoms with Crippen LogP contribution in [0.2, 0.25) is 0 Å². The summed E-state index contributed by atoms with van der Waals surface area (Å²) in [5.41, 5.74) is 2.59. The van der Waals surface area contributed by atoms with E-state index in [1.807, 2.05) is 34.9 Å². The Hall–Kier alpha value is -3.26. The van der Waals surface area contributed by atoms with Crippen LogP contribution in [-0.4, -0.2) is 36.3 Å². The van der Waals surface area contributed by atoms with Crippen molar-refractivity contribution in [3.63, 3.8) is 0 Å². The van der Waals surface area contributed by atoms with Gasteiger partial charge in [0.25, 0.3) is 0 Å². The molecule has 8 heteroatoms. The van der Waals surface area contributed by atoms with Gasteiger partial charge in [-0.2, -0.15) is 0 Å². The molecule has 2 heterocycles. The van der Waals surface area contributed by atoms with Crippen LogP contribution in [0.15, 0.2) is 77.7 Å². The Morgan fingerprint density at radius 3 is 2.30 bits per heavy atom. The number of piperidine rings is 1. The lowest BCUT2D eigenvalue weighted by Crippen LogP contribution is -2.40. The predicted molar refractivity (Wildman–Crippen MR) is 124 cm³/mol.